The lowest BCUT2D eigenvalue weighted by Gasteiger charge is -2.19. The standard InChI is InChI=1S/C48H29N5/c1-49-39-30-47(52-42-24-10-4-17-33(42)34-18-5-11-25-43(34)52)46(51-40-22-8-2-15-31(40)32-16-3-9-23-41(32)51)29-37(39)38-21-14-28-48(50-38)53-44-26-12-6-19-35(44)36-20-7-13-27-45(36)53/h2-30H. The van der Waals surface area contributed by atoms with Crippen LogP contribution in [0.25, 0.3) is 98.7 Å². The zero-order valence-corrected chi connectivity index (χ0v) is 28.5. The van der Waals surface area contributed by atoms with Crippen LogP contribution in [0.3, 0.4) is 0 Å². The molecule has 4 heterocycles. The number of rotatable bonds is 4. The Hall–Kier alpha value is -7.42. The summed E-state index contributed by atoms with van der Waals surface area (Å²) in [5.74, 6) is 0.806. The van der Waals surface area contributed by atoms with Gasteiger partial charge in [0.1, 0.15) is 5.82 Å². The molecule has 0 saturated heterocycles. The Kier molecular flexibility index (Phi) is 6.25. The summed E-state index contributed by atoms with van der Waals surface area (Å²) in [4.78, 5) is 9.53. The second-order valence-corrected chi connectivity index (χ2v) is 13.5. The van der Waals surface area contributed by atoms with Crippen molar-refractivity contribution in [2.75, 3.05) is 0 Å². The highest BCUT2D eigenvalue weighted by Gasteiger charge is 2.23. The minimum Gasteiger partial charge on any atom is -0.308 e. The highest BCUT2D eigenvalue weighted by molar-refractivity contribution is 6.12. The van der Waals surface area contributed by atoms with Gasteiger partial charge in [0.2, 0.25) is 0 Å². The molecular formula is C48H29N5. The van der Waals surface area contributed by atoms with Crippen molar-refractivity contribution in [2.45, 2.75) is 0 Å². The summed E-state index contributed by atoms with van der Waals surface area (Å²) < 4.78 is 6.91. The Bertz CT molecular complexity index is 3150. The van der Waals surface area contributed by atoms with Crippen LogP contribution in [0.2, 0.25) is 0 Å². The molecule has 0 radical (unpaired) electrons. The summed E-state index contributed by atoms with van der Waals surface area (Å²) in [5, 5.41) is 7.07. The molecule has 0 saturated carbocycles. The van der Waals surface area contributed by atoms with Gasteiger partial charge in [-0.15, -0.1) is 0 Å². The van der Waals surface area contributed by atoms with Crippen molar-refractivity contribution in [3.05, 3.63) is 187 Å². The van der Waals surface area contributed by atoms with E-state index >= 15 is 0 Å². The summed E-state index contributed by atoms with van der Waals surface area (Å²) >= 11 is 0. The van der Waals surface area contributed by atoms with Crippen LogP contribution < -0.4 is 0 Å². The molecule has 0 aliphatic rings. The molecule has 53 heavy (non-hydrogen) atoms. The molecule has 11 aromatic rings. The van der Waals surface area contributed by atoms with Gasteiger partial charge in [0, 0.05) is 37.9 Å². The molecule has 0 aliphatic heterocycles. The van der Waals surface area contributed by atoms with Crippen LogP contribution in [0, 0.1) is 6.57 Å². The van der Waals surface area contributed by atoms with Crippen LogP contribution in [0.15, 0.2) is 176 Å². The summed E-state index contributed by atoms with van der Waals surface area (Å²) in [6, 6.07) is 61.6. The van der Waals surface area contributed by atoms with Crippen LogP contribution in [-0.2, 0) is 0 Å². The quantitative estimate of drug-likeness (QED) is 0.171. The average Bonchev–Trinajstić information content (AvgIpc) is 3.86. The monoisotopic (exact) mass is 675 g/mol. The maximum absolute atomic E-state index is 8.57. The third-order valence-electron chi connectivity index (χ3n) is 10.7. The first-order valence-corrected chi connectivity index (χ1v) is 17.8. The summed E-state index contributed by atoms with van der Waals surface area (Å²) in [6.07, 6.45) is 0. The van der Waals surface area contributed by atoms with Crippen molar-refractivity contribution in [2.24, 2.45) is 0 Å². The van der Waals surface area contributed by atoms with Crippen LogP contribution in [-0.4, -0.2) is 18.7 Å². The van der Waals surface area contributed by atoms with Gasteiger partial charge in [0.05, 0.1) is 56.7 Å². The van der Waals surface area contributed by atoms with Gasteiger partial charge in [0.25, 0.3) is 0 Å². The summed E-state index contributed by atoms with van der Waals surface area (Å²) in [7, 11) is 0. The number of aromatic nitrogens is 4. The fraction of sp³-hybridized carbons (Fsp3) is 0. The van der Waals surface area contributed by atoms with Gasteiger partial charge in [-0.1, -0.05) is 115 Å². The number of nitrogens with zero attached hydrogens (tertiary/aromatic N) is 5. The third-order valence-corrected chi connectivity index (χ3v) is 10.7. The molecule has 0 spiro atoms. The average molecular weight is 676 g/mol. The molecule has 0 N–H and O–H groups in total. The van der Waals surface area contributed by atoms with E-state index in [1.807, 2.05) is 6.07 Å². The Morgan fingerprint density at radius 2 is 0.736 bits per heavy atom. The maximum atomic E-state index is 8.57. The molecule has 0 atom stereocenters. The van der Waals surface area contributed by atoms with Gasteiger partial charge in [-0.3, -0.25) is 4.57 Å². The highest BCUT2D eigenvalue weighted by Crippen LogP contribution is 2.43. The SMILES string of the molecule is [C-]#[N+]c1cc(-n2c3ccccc3c3ccccc32)c(-n2c3ccccc3c3ccccc32)cc1-c1cccc(-n2c3ccccc3c3ccccc32)n1. The van der Waals surface area contributed by atoms with Crippen LogP contribution in [0.4, 0.5) is 5.69 Å². The lowest BCUT2D eigenvalue weighted by Crippen LogP contribution is -2.05. The van der Waals surface area contributed by atoms with E-state index < -0.39 is 0 Å². The third kappa shape index (κ3) is 4.21. The summed E-state index contributed by atoms with van der Waals surface area (Å²) in [5.41, 5.74) is 10.5. The number of para-hydroxylation sites is 6. The lowest BCUT2D eigenvalue weighted by atomic mass is 10.1. The van der Waals surface area contributed by atoms with Crippen molar-refractivity contribution in [1.29, 1.82) is 0 Å². The predicted molar refractivity (Wildman–Crippen MR) is 219 cm³/mol. The molecule has 7 aromatic carbocycles. The molecule has 246 valence electrons. The first-order chi connectivity index (χ1) is 26.3. The van der Waals surface area contributed by atoms with E-state index in [1.165, 1.54) is 32.3 Å². The second-order valence-electron chi connectivity index (χ2n) is 13.5. The Morgan fingerprint density at radius 1 is 0.377 bits per heavy atom. The van der Waals surface area contributed by atoms with Gasteiger partial charge < -0.3 is 9.13 Å². The Labute approximate surface area is 304 Å². The lowest BCUT2D eigenvalue weighted by molar-refractivity contribution is 1.08. The van der Waals surface area contributed by atoms with Crippen molar-refractivity contribution in [3.8, 4) is 28.5 Å². The second kappa shape index (κ2) is 11.3. The summed E-state index contributed by atoms with van der Waals surface area (Å²) in [6.45, 7) is 8.57. The normalized spacial score (nSPS) is 11.8. The van der Waals surface area contributed by atoms with Crippen LogP contribution in [0.1, 0.15) is 0 Å². The van der Waals surface area contributed by atoms with E-state index in [2.05, 4.69) is 188 Å². The van der Waals surface area contributed by atoms with E-state index in [0.29, 0.717) is 5.69 Å². The number of pyridine rings is 1. The Balaban J connectivity index is 1.25. The zero-order valence-electron chi connectivity index (χ0n) is 28.5. The molecule has 0 bridgehead atoms. The molecule has 11 rings (SSSR count). The molecule has 0 amide bonds. The van der Waals surface area contributed by atoms with Crippen LogP contribution in [0.5, 0.6) is 0 Å². The molecule has 0 fully saturated rings. The minimum atomic E-state index is 0.540. The molecular weight excluding hydrogens is 647 g/mol. The van der Waals surface area contributed by atoms with Crippen molar-refractivity contribution < 1.29 is 0 Å². The largest absolute Gasteiger partial charge is 0.308 e. The fourth-order valence-corrected chi connectivity index (χ4v) is 8.45. The molecule has 5 heteroatoms. The number of benzene rings is 7. The van der Waals surface area contributed by atoms with Crippen molar-refractivity contribution >= 4 is 71.1 Å². The first-order valence-electron chi connectivity index (χ1n) is 17.8. The number of fused-ring (bicyclic) bond motifs is 9. The van der Waals surface area contributed by atoms with E-state index in [1.54, 1.807) is 0 Å². The van der Waals surface area contributed by atoms with Crippen molar-refractivity contribution in [1.82, 2.24) is 18.7 Å². The molecule has 0 aliphatic carbocycles. The van der Waals surface area contributed by atoms with Gasteiger partial charge in [-0.05, 0) is 60.7 Å². The molecule has 5 nitrogen and oxygen atoms in total. The topological polar surface area (TPSA) is 32.0 Å². The highest BCUT2D eigenvalue weighted by atomic mass is 15.1. The maximum Gasteiger partial charge on any atom is 0.198 e. The van der Waals surface area contributed by atoms with E-state index in [-0.39, 0.29) is 0 Å². The Morgan fingerprint density at radius 3 is 1.13 bits per heavy atom. The smallest absolute Gasteiger partial charge is 0.198 e. The van der Waals surface area contributed by atoms with E-state index in [9.17, 15) is 0 Å². The fourth-order valence-electron chi connectivity index (χ4n) is 8.45. The van der Waals surface area contributed by atoms with Gasteiger partial charge in [-0.2, -0.15) is 0 Å². The van der Waals surface area contributed by atoms with Gasteiger partial charge >= 0.3 is 0 Å². The first kappa shape index (κ1) is 29.3. The van der Waals surface area contributed by atoms with Gasteiger partial charge in [0.15, 0.2) is 5.69 Å². The van der Waals surface area contributed by atoms with E-state index in [4.69, 9.17) is 11.6 Å². The zero-order chi connectivity index (χ0) is 35.0. The van der Waals surface area contributed by atoms with Gasteiger partial charge in [-0.25, -0.2) is 9.83 Å². The van der Waals surface area contributed by atoms with E-state index in [0.717, 1.165) is 61.6 Å². The predicted octanol–water partition coefficient (Wildman–Crippen LogP) is 12.6. The minimum absolute atomic E-state index is 0.540. The number of hydrogen-bond donors (Lipinski definition) is 0. The molecule has 4 aromatic heterocycles. The molecule has 0 unspecified atom stereocenters. The van der Waals surface area contributed by atoms with Crippen LogP contribution >= 0.6 is 0 Å². The number of hydrogen-bond acceptors (Lipinski definition) is 1. The van der Waals surface area contributed by atoms with Crippen molar-refractivity contribution in [3.63, 3.8) is 0 Å².